The van der Waals surface area contributed by atoms with Gasteiger partial charge in [0.1, 0.15) is 0 Å². The first kappa shape index (κ1) is 18.9. The number of hydrogen-bond acceptors (Lipinski definition) is 5. The standard InChI is InChI=1S/C17H19N3OS2.ClH/c1-19(2)10-6-11-20(16(21)15-9-5-12-22-15)17-18-13-7-3-4-8-14(13)23-17;/h3-5,7-9,12H,6,10-11H2,1-2H3;1H. The number of halogens is 1. The number of carbonyl (C=O) groups is 1. The molecule has 0 aliphatic rings. The molecule has 0 saturated carbocycles. The zero-order valence-corrected chi connectivity index (χ0v) is 16.1. The molecule has 0 atom stereocenters. The molecule has 128 valence electrons. The van der Waals surface area contributed by atoms with Crippen molar-refractivity contribution in [1.29, 1.82) is 0 Å². The number of thiophene rings is 1. The molecule has 2 heterocycles. The van der Waals surface area contributed by atoms with Crippen LogP contribution in [0.2, 0.25) is 0 Å². The number of thiazole rings is 1. The van der Waals surface area contributed by atoms with Crippen molar-refractivity contribution >= 4 is 56.3 Å². The smallest absolute Gasteiger partial charge is 0.270 e. The molecule has 2 aromatic heterocycles. The van der Waals surface area contributed by atoms with Gasteiger partial charge in [-0.1, -0.05) is 29.5 Å². The van der Waals surface area contributed by atoms with Gasteiger partial charge in [-0.2, -0.15) is 0 Å². The van der Waals surface area contributed by atoms with Crippen LogP contribution in [-0.2, 0) is 0 Å². The van der Waals surface area contributed by atoms with Crippen LogP contribution in [-0.4, -0.2) is 43.0 Å². The van der Waals surface area contributed by atoms with Gasteiger partial charge in [-0.3, -0.25) is 9.69 Å². The average Bonchev–Trinajstić information content (AvgIpc) is 3.19. The normalized spacial score (nSPS) is 10.8. The number of hydrogen-bond donors (Lipinski definition) is 0. The van der Waals surface area contributed by atoms with Gasteiger partial charge in [0.2, 0.25) is 0 Å². The van der Waals surface area contributed by atoms with Gasteiger partial charge in [0.25, 0.3) is 5.91 Å². The number of nitrogens with zero attached hydrogens (tertiary/aromatic N) is 3. The zero-order chi connectivity index (χ0) is 16.2. The first-order valence-electron chi connectivity index (χ1n) is 7.51. The number of aromatic nitrogens is 1. The molecule has 4 nitrogen and oxygen atoms in total. The third kappa shape index (κ3) is 4.33. The fraction of sp³-hybridized carbons (Fsp3) is 0.294. The van der Waals surface area contributed by atoms with Gasteiger partial charge >= 0.3 is 0 Å². The van der Waals surface area contributed by atoms with Crippen LogP contribution in [0, 0.1) is 0 Å². The van der Waals surface area contributed by atoms with Gasteiger partial charge < -0.3 is 4.90 Å². The third-order valence-electron chi connectivity index (χ3n) is 3.48. The highest BCUT2D eigenvalue weighted by atomic mass is 35.5. The topological polar surface area (TPSA) is 36.4 Å². The SMILES string of the molecule is CN(C)CCCN(C(=O)c1cccs1)c1nc2ccccc2s1.Cl. The summed E-state index contributed by atoms with van der Waals surface area (Å²) in [7, 11) is 4.09. The summed E-state index contributed by atoms with van der Waals surface area (Å²) in [5.41, 5.74) is 0.948. The Morgan fingerprint density at radius 2 is 1.92 bits per heavy atom. The Labute approximate surface area is 156 Å². The van der Waals surface area contributed by atoms with Gasteiger partial charge in [-0.15, -0.1) is 23.7 Å². The zero-order valence-electron chi connectivity index (χ0n) is 13.6. The molecule has 7 heteroatoms. The summed E-state index contributed by atoms with van der Waals surface area (Å²) in [6.45, 7) is 1.62. The maximum Gasteiger partial charge on any atom is 0.270 e. The van der Waals surface area contributed by atoms with E-state index in [2.05, 4.69) is 9.88 Å². The van der Waals surface area contributed by atoms with E-state index in [9.17, 15) is 4.79 Å². The number of amides is 1. The van der Waals surface area contributed by atoms with Crippen molar-refractivity contribution in [1.82, 2.24) is 9.88 Å². The van der Waals surface area contributed by atoms with E-state index in [4.69, 9.17) is 0 Å². The van der Waals surface area contributed by atoms with Crippen molar-refractivity contribution in [2.45, 2.75) is 6.42 Å². The van der Waals surface area contributed by atoms with E-state index in [-0.39, 0.29) is 18.3 Å². The minimum atomic E-state index is 0. The molecule has 0 radical (unpaired) electrons. The second-order valence-corrected chi connectivity index (χ2v) is 7.51. The predicted molar refractivity (Wildman–Crippen MR) is 106 cm³/mol. The predicted octanol–water partition coefficient (Wildman–Crippen LogP) is 4.38. The largest absolute Gasteiger partial charge is 0.309 e. The Morgan fingerprint density at radius 1 is 1.12 bits per heavy atom. The lowest BCUT2D eigenvalue weighted by Crippen LogP contribution is -2.32. The third-order valence-corrected chi connectivity index (χ3v) is 5.39. The maximum absolute atomic E-state index is 12.8. The first-order chi connectivity index (χ1) is 11.1. The van der Waals surface area contributed by atoms with Crippen LogP contribution in [0.3, 0.4) is 0 Å². The van der Waals surface area contributed by atoms with Crippen molar-refractivity contribution in [3.8, 4) is 0 Å². The summed E-state index contributed by atoms with van der Waals surface area (Å²) in [5.74, 6) is 0.0396. The Kier molecular flexibility index (Phi) is 6.74. The van der Waals surface area contributed by atoms with E-state index in [0.29, 0.717) is 6.54 Å². The van der Waals surface area contributed by atoms with Crippen molar-refractivity contribution < 1.29 is 4.79 Å². The molecule has 0 saturated heterocycles. The van der Waals surface area contributed by atoms with E-state index in [1.807, 2.05) is 60.8 Å². The van der Waals surface area contributed by atoms with Crippen LogP contribution >= 0.6 is 35.1 Å². The lowest BCUT2D eigenvalue weighted by molar-refractivity contribution is 0.0990. The molecule has 0 unspecified atom stereocenters. The van der Waals surface area contributed by atoms with Crippen molar-refractivity contribution in [2.24, 2.45) is 0 Å². The fourth-order valence-corrected chi connectivity index (χ4v) is 4.00. The molecule has 3 aromatic rings. The monoisotopic (exact) mass is 381 g/mol. The Morgan fingerprint density at radius 3 is 2.58 bits per heavy atom. The Bertz CT molecular complexity index is 753. The number of anilines is 1. The molecule has 0 aliphatic heterocycles. The number of para-hydroxylation sites is 1. The quantitative estimate of drug-likeness (QED) is 0.635. The minimum Gasteiger partial charge on any atom is -0.309 e. The van der Waals surface area contributed by atoms with Crippen molar-refractivity contribution in [3.63, 3.8) is 0 Å². The van der Waals surface area contributed by atoms with Crippen LogP contribution in [0.4, 0.5) is 5.13 Å². The molecule has 0 fully saturated rings. The maximum atomic E-state index is 12.8. The molecule has 0 spiro atoms. The highest BCUT2D eigenvalue weighted by molar-refractivity contribution is 7.22. The lowest BCUT2D eigenvalue weighted by atomic mass is 10.3. The summed E-state index contributed by atoms with van der Waals surface area (Å²) in [4.78, 5) is 22.2. The minimum absolute atomic E-state index is 0. The highest BCUT2D eigenvalue weighted by Crippen LogP contribution is 2.30. The molecular weight excluding hydrogens is 362 g/mol. The van der Waals surface area contributed by atoms with E-state index < -0.39 is 0 Å². The molecule has 0 aliphatic carbocycles. The Balaban J connectivity index is 0.00000208. The highest BCUT2D eigenvalue weighted by Gasteiger charge is 2.21. The van der Waals surface area contributed by atoms with Crippen LogP contribution in [0.25, 0.3) is 10.2 Å². The van der Waals surface area contributed by atoms with Crippen LogP contribution < -0.4 is 4.90 Å². The van der Waals surface area contributed by atoms with Gasteiger partial charge in [-0.25, -0.2) is 4.98 Å². The van der Waals surface area contributed by atoms with Crippen LogP contribution in [0.15, 0.2) is 41.8 Å². The summed E-state index contributed by atoms with van der Waals surface area (Å²) in [5, 5.41) is 2.71. The van der Waals surface area contributed by atoms with Crippen molar-refractivity contribution in [3.05, 3.63) is 46.7 Å². The van der Waals surface area contributed by atoms with Gasteiger partial charge in [-0.05, 0) is 50.6 Å². The summed E-state index contributed by atoms with van der Waals surface area (Å²) >= 11 is 3.05. The molecular formula is C17H20ClN3OS2. The summed E-state index contributed by atoms with van der Waals surface area (Å²) in [6.07, 6.45) is 0.917. The van der Waals surface area contributed by atoms with Crippen LogP contribution in [0.1, 0.15) is 16.1 Å². The number of carbonyl (C=O) groups excluding carboxylic acids is 1. The second-order valence-electron chi connectivity index (χ2n) is 5.56. The van der Waals surface area contributed by atoms with Gasteiger partial charge in [0, 0.05) is 6.54 Å². The second kappa shape index (κ2) is 8.58. The van der Waals surface area contributed by atoms with E-state index in [0.717, 1.165) is 33.2 Å². The average molecular weight is 382 g/mol. The van der Waals surface area contributed by atoms with Gasteiger partial charge in [0.05, 0.1) is 15.1 Å². The number of rotatable bonds is 6. The molecule has 1 aromatic carbocycles. The molecule has 3 rings (SSSR count). The molecule has 0 N–H and O–H groups in total. The fourth-order valence-electron chi connectivity index (χ4n) is 2.34. The number of benzene rings is 1. The van der Waals surface area contributed by atoms with E-state index >= 15 is 0 Å². The molecule has 24 heavy (non-hydrogen) atoms. The summed E-state index contributed by atoms with van der Waals surface area (Å²) < 4.78 is 1.11. The molecule has 1 amide bonds. The van der Waals surface area contributed by atoms with E-state index in [1.54, 1.807) is 11.3 Å². The van der Waals surface area contributed by atoms with E-state index in [1.165, 1.54) is 11.3 Å². The van der Waals surface area contributed by atoms with Crippen molar-refractivity contribution in [2.75, 3.05) is 32.1 Å². The molecule has 0 bridgehead atoms. The van der Waals surface area contributed by atoms with Gasteiger partial charge in [0.15, 0.2) is 5.13 Å². The first-order valence-corrected chi connectivity index (χ1v) is 9.20. The summed E-state index contributed by atoms with van der Waals surface area (Å²) in [6, 6.07) is 11.8. The lowest BCUT2D eigenvalue weighted by Gasteiger charge is -2.20. The van der Waals surface area contributed by atoms with Crippen LogP contribution in [0.5, 0.6) is 0 Å². The number of fused-ring (bicyclic) bond motifs is 1. The Hall–Kier alpha value is -1.47.